The van der Waals surface area contributed by atoms with Crippen molar-refractivity contribution in [3.63, 3.8) is 0 Å². The number of carbonyl (C=O) groups is 3. The van der Waals surface area contributed by atoms with Gasteiger partial charge in [0.25, 0.3) is 5.91 Å². The molecular formula is C40H44ClFN10O4. The third-order valence-corrected chi connectivity index (χ3v) is 12.0. The van der Waals surface area contributed by atoms with Crippen molar-refractivity contribution in [1.29, 1.82) is 5.26 Å². The molecule has 292 valence electrons. The van der Waals surface area contributed by atoms with Crippen molar-refractivity contribution in [3.8, 4) is 11.8 Å². The Morgan fingerprint density at radius 3 is 2.45 bits per heavy atom. The van der Waals surface area contributed by atoms with E-state index < -0.39 is 11.8 Å². The summed E-state index contributed by atoms with van der Waals surface area (Å²) in [7, 11) is 0. The first-order valence-electron chi connectivity index (χ1n) is 19.5. The summed E-state index contributed by atoms with van der Waals surface area (Å²) in [5.74, 6) is 0.900. The van der Waals surface area contributed by atoms with Crippen LogP contribution >= 0.6 is 11.6 Å². The second kappa shape index (κ2) is 16.4. The molecular weight excluding hydrogens is 739 g/mol. The lowest BCUT2D eigenvalue weighted by atomic mass is 9.92. The van der Waals surface area contributed by atoms with Crippen LogP contribution in [0.4, 0.5) is 20.7 Å². The van der Waals surface area contributed by atoms with E-state index in [9.17, 15) is 14.4 Å². The monoisotopic (exact) mass is 782 g/mol. The molecule has 56 heavy (non-hydrogen) atoms. The van der Waals surface area contributed by atoms with Gasteiger partial charge in [-0.2, -0.15) is 10.4 Å². The zero-order chi connectivity index (χ0) is 38.8. The highest BCUT2D eigenvalue weighted by Gasteiger charge is 2.31. The summed E-state index contributed by atoms with van der Waals surface area (Å²) in [4.78, 5) is 43.2. The first kappa shape index (κ1) is 37.6. The summed E-state index contributed by atoms with van der Waals surface area (Å²) < 4.78 is 23.1. The van der Waals surface area contributed by atoms with E-state index in [2.05, 4.69) is 41.8 Å². The second-order valence-corrected chi connectivity index (χ2v) is 15.6. The number of imide groups is 1. The van der Waals surface area contributed by atoms with Gasteiger partial charge in [-0.3, -0.25) is 24.5 Å². The molecule has 1 saturated carbocycles. The number of anilines is 2. The molecule has 4 aromatic rings. The van der Waals surface area contributed by atoms with Crippen molar-refractivity contribution in [1.82, 2.24) is 35.5 Å². The van der Waals surface area contributed by atoms with Gasteiger partial charge in [-0.05, 0) is 93.7 Å². The van der Waals surface area contributed by atoms with Crippen molar-refractivity contribution in [2.24, 2.45) is 5.92 Å². The Balaban J connectivity index is 0.767. The van der Waals surface area contributed by atoms with E-state index in [1.165, 1.54) is 11.0 Å². The third-order valence-electron chi connectivity index (χ3n) is 11.6. The predicted molar refractivity (Wildman–Crippen MR) is 207 cm³/mol. The molecule has 4 amide bonds. The molecule has 1 aliphatic carbocycles. The number of nitriles is 1. The van der Waals surface area contributed by atoms with Crippen LogP contribution in [-0.4, -0.2) is 94.1 Å². The molecule has 2 N–H and O–H groups in total. The van der Waals surface area contributed by atoms with Gasteiger partial charge in [0.2, 0.25) is 5.91 Å². The van der Waals surface area contributed by atoms with Crippen LogP contribution in [0, 0.1) is 23.1 Å². The number of fused-ring (bicyclic) bond motifs is 1. The molecule has 2 aromatic carbocycles. The highest BCUT2D eigenvalue weighted by molar-refractivity contribution is 6.31. The van der Waals surface area contributed by atoms with Gasteiger partial charge in [0.05, 0.1) is 40.1 Å². The van der Waals surface area contributed by atoms with Crippen molar-refractivity contribution in [2.75, 3.05) is 49.1 Å². The van der Waals surface area contributed by atoms with Gasteiger partial charge >= 0.3 is 6.03 Å². The maximum atomic E-state index is 15.0. The molecule has 4 fully saturated rings. The van der Waals surface area contributed by atoms with E-state index in [-0.39, 0.29) is 48.7 Å². The Bertz CT molecular complexity index is 2130. The van der Waals surface area contributed by atoms with Crippen LogP contribution in [0.5, 0.6) is 5.75 Å². The topological polar surface area (TPSA) is 162 Å². The summed E-state index contributed by atoms with van der Waals surface area (Å²) in [5, 5.41) is 28.8. The van der Waals surface area contributed by atoms with Gasteiger partial charge in [-0.15, -0.1) is 10.2 Å². The molecule has 14 nitrogen and oxygen atoms in total. The van der Waals surface area contributed by atoms with E-state index in [4.69, 9.17) is 21.6 Å². The molecule has 0 bridgehead atoms. The summed E-state index contributed by atoms with van der Waals surface area (Å²) in [6.45, 7) is 4.79. The molecule has 0 spiro atoms. The Morgan fingerprint density at radius 1 is 0.964 bits per heavy atom. The number of halogens is 2. The second-order valence-electron chi connectivity index (χ2n) is 15.2. The van der Waals surface area contributed by atoms with E-state index in [1.807, 2.05) is 10.7 Å². The van der Waals surface area contributed by atoms with Crippen molar-refractivity contribution < 1.29 is 23.5 Å². The number of benzene rings is 2. The van der Waals surface area contributed by atoms with Gasteiger partial charge in [0.1, 0.15) is 17.6 Å². The SMILES string of the molecule is N#Cc1ccc(O[C@H]2CC[C@H](NC(=O)c3ccc(N4CCC(CN5CCC(n6ncc7c(N8CCC(=O)NC8=O)c(F)ccc76)CC5)CC4)nn3)CC2)cc1Cl. The average molecular weight is 783 g/mol. The number of carbonyl (C=O) groups excluding carboxylic acids is 3. The maximum absolute atomic E-state index is 15.0. The quantitative estimate of drug-likeness (QED) is 0.218. The molecule has 16 heteroatoms. The first-order valence-corrected chi connectivity index (χ1v) is 19.9. The molecule has 4 aliphatic rings. The number of hydrogen-bond donors (Lipinski definition) is 2. The summed E-state index contributed by atoms with van der Waals surface area (Å²) in [5.41, 5.74) is 1.67. The number of likely N-dealkylation sites (tertiary alicyclic amines) is 1. The molecule has 5 heterocycles. The molecule has 0 unspecified atom stereocenters. The van der Waals surface area contributed by atoms with Crippen LogP contribution in [0.15, 0.2) is 48.7 Å². The largest absolute Gasteiger partial charge is 0.490 e. The number of ether oxygens (including phenoxy) is 1. The lowest BCUT2D eigenvalue weighted by Crippen LogP contribution is -2.50. The first-order chi connectivity index (χ1) is 27.2. The minimum absolute atomic E-state index is 0.0227. The number of aromatic nitrogens is 4. The minimum Gasteiger partial charge on any atom is -0.490 e. The summed E-state index contributed by atoms with van der Waals surface area (Å²) in [6, 6.07) is 13.5. The average Bonchev–Trinajstić information content (AvgIpc) is 3.64. The Morgan fingerprint density at radius 2 is 1.75 bits per heavy atom. The molecule has 2 aromatic heterocycles. The number of piperidine rings is 2. The Kier molecular flexibility index (Phi) is 11.0. The fourth-order valence-corrected chi connectivity index (χ4v) is 8.74. The Labute approximate surface area is 328 Å². The standard InChI is InChI=1S/C40H44ClFN10O4/c41-32-21-30(4-1-26(32)22-43)56-29-5-2-27(3-6-29)45-39(54)34-8-10-36(48-47-34)50-18-11-25(12-19-50)24-49-16-13-28(14-17-49)52-35-9-7-33(42)38(31(35)23-44-52)51-20-15-37(53)46-40(51)55/h1,4,7-10,21,23,25,27-29H,2-3,5-6,11-20,24H2,(H,45,54)(H,46,53,55)/t27-,29-. The van der Waals surface area contributed by atoms with Gasteiger partial charge in [-0.25, -0.2) is 9.18 Å². The van der Waals surface area contributed by atoms with E-state index in [0.29, 0.717) is 33.3 Å². The number of nitrogens with one attached hydrogen (secondary N) is 2. The van der Waals surface area contributed by atoms with Crippen LogP contribution in [0.25, 0.3) is 10.9 Å². The van der Waals surface area contributed by atoms with E-state index in [0.717, 1.165) is 95.4 Å². The number of urea groups is 1. The van der Waals surface area contributed by atoms with Crippen LogP contribution in [-0.2, 0) is 4.79 Å². The smallest absolute Gasteiger partial charge is 0.328 e. The molecule has 8 rings (SSSR count). The molecule has 0 radical (unpaired) electrons. The van der Waals surface area contributed by atoms with Gasteiger partial charge in [-0.1, -0.05) is 11.6 Å². The third kappa shape index (κ3) is 8.13. The summed E-state index contributed by atoms with van der Waals surface area (Å²) >= 11 is 6.14. The maximum Gasteiger partial charge on any atom is 0.328 e. The van der Waals surface area contributed by atoms with Gasteiger partial charge < -0.3 is 19.9 Å². The minimum atomic E-state index is -0.614. The lowest BCUT2D eigenvalue weighted by molar-refractivity contribution is -0.120. The normalized spacial score (nSPS) is 21.5. The lowest BCUT2D eigenvalue weighted by Gasteiger charge is -2.38. The Hall–Kier alpha value is -5.33. The predicted octanol–water partition coefficient (Wildman–Crippen LogP) is 5.61. The van der Waals surface area contributed by atoms with Gasteiger partial charge in [0.15, 0.2) is 11.5 Å². The van der Waals surface area contributed by atoms with E-state index >= 15 is 4.39 Å². The van der Waals surface area contributed by atoms with Crippen LogP contribution in [0.1, 0.15) is 79.9 Å². The fourth-order valence-electron chi connectivity index (χ4n) is 8.53. The number of amides is 4. The van der Waals surface area contributed by atoms with Crippen molar-refractivity contribution >= 4 is 51.9 Å². The van der Waals surface area contributed by atoms with Crippen LogP contribution in [0.2, 0.25) is 5.02 Å². The van der Waals surface area contributed by atoms with Gasteiger partial charge in [0, 0.05) is 63.2 Å². The molecule has 0 atom stereocenters. The van der Waals surface area contributed by atoms with Crippen molar-refractivity contribution in [2.45, 2.75) is 76.0 Å². The zero-order valence-electron chi connectivity index (χ0n) is 31.0. The number of nitrogens with zero attached hydrogens (tertiary/aromatic N) is 8. The molecule has 3 saturated heterocycles. The van der Waals surface area contributed by atoms with E-state index in [1.54, 1.807) is 36.5 Å². The number of hydrogen-bond acceptors (Lipinski definition) is 10. The number of rotatable bonds is 9. The highest BCUT2D eigenvalue weighted by atomic mass is 35.5. The highest BCUT2D eigenvalue weighted by Crippen LogP contribution is 2.35. The fraction of sp³-hybridized carbons (Fsp3) is 0.475. The van der Waals surface area contributed by atoms with Crippen molar-refractivity contribution in [3.05, 3.63) is 70.8 Å². The summed E-state index contributed by atoms with van der Waals surface area (Å²) in [6.07, 6.45) is 8.86. The molecule has 3 aliphatic heterocycles. The van der Waals surface area contributed by atoms with Crippen LogP contribution < -0.4 is 25.2 Å². The zero-order valence-corrected chi connectivity index (χ0v) is 31.8. The van der Waals surface area contributed by atoms with Crippen LogP contribution in [0.3, 0.4) is 0 Å².